The third kappa shape index (κ3) is 4.29. The molecule has 0 heterocycles. The molecule has 0 unspecified atom stereocenters. The molecule has 4 nitrogen and oxygen atoms in total. The molecule has 108 valence electrons. The molecule has 0 atom stereocenters. The molecule has 0 bridgehead atoms. The SMILES string of the molecule is COC(=O)C(=CO)Oc1cccc(Sc2ccccc2)c1. The molecular formula is C16H14O4S. The predicted octanol–water partition coefficient (Wildman–Crippen LogP) is 3.79. The number of aliphatic hydroxyl groups excluding tert-OH is 1. The van der Waals surface area contributed by atoms with Crippen LogP contribution >= 0.6 is 11.8 Å². The third-order valence-corrected chi connectivity index (χ3v) is 3.51. The second-order valence-electron chi connectivity index (χ2n) is 3.98. The molecule has 0 saturated carbocycles. The summed E-state index contributed by atoms with van der Waals surface area (Å²) in [5, 5.41) is 9.00. The van der Waals surface area contributed by atoms with Crippen LogP contribution < -0.4 is 4.74 Å². The zero-order valence-corrected chi connectivity index (χ0v) is 12.2. The molecule has 21 heavy (non-hydrogen) atoms. The predicted molar refractivity (Wildman–Crippen MR) is 80.4 cm³/mol. The summed E-state index contributed by atoms with van der Waals surface area (Å²) in [5.74, 6) is -0.556. The van der Waals surface area contributed by atoms with Crippen molar-refractivity contribution in [1.82, 2.24) is 0 Å². The van der Waals surface area contributed by atoms with Crippen molar-refractivity contribution in [3.8, 4) is 5.75 Å². The van der Waals surface area contributed by atoms with Crippen LogP contribution in [0.3, 0.4) is 0 Å². The summed E-state index contributed by atoms with van der Waals surface area (Å²) < 4.78 is 9.82. The number of esters is 1. The van der Waals surface area contributed by atoms with E-state index in [2.05, 4.69) is 4.74 Å². The molecule has 0 aliphatic carbocycles. The largest absolute Gasteiger partial charge is 0.511 e. The molecule has 0 aromatic heterocycles. The van der Waals surface area contributed by atoms with Crippen molar-refractivity contribution in [3.05, 3.63) is 66.6 Å². The Morgan fingerprint density at radius 1 is 1.10 bits per heavy atom. The van der Waals surface area contributed by atoms with E-state index in [0.717, 1.165) is 9.79 Å². The van der Waals surface area contributed by atoms with Crippen LogP contribution in [0, 0.1) is 0 Å². The van der Waals surface area contributed by atoms with Gasteiger partial charge in [0.25, 0.3) is 0 Å². The number of benzene rings is 2. The van der Waals surface area contributed by atoms with Crippen LogP contribution in [0.2, 0.25) is 0 Å². The summed E-state index contributed by atoms with van der Waals surface area (Å²) in [5.41, 5.74) is 0. The summed E-state index contributed by atoms with van der Waals surface area (Å²) in [4.78, 5) is 13.4. The Balaban J connectivity index is 2.12. The Kier molecular flexibility index (Phi) is 5.29. The van der Waals surface area contributed by atoms with E-state index in [9.17, 15) is 4.79 Å². The summed E-state index contributed by atoms with van der Waals surface area (Å²) in [6.45, 7) is 0. The van der Waals surface area contributed by atoms with Crippen molar-refractivity contribution in [2.75, 3.05) is 7.11 Å². The molecule has 0 aliphatic rings. The van der Waals surface area contributed by atoms with Crippen LogP contribution in [-0.2, 0) is 9.53 Å². The molecule has 0 radical (unpaired) electrons. The number of aliphatic hydroxyl groups is 1. The average molecular weight is 302 g/mol. The van der Waals surface area contributed by atoms with Gasteiger partial charge in [-0.15, -0.1) is 0 Å². The van der Waals surface area contributed by atoms with Crippen LogP contribution in [0.4, 0.5) is 0 Å². The van der Waals surface area contributed by atoms with E-state index in [-0.39, 0.29) is 5.76 Å². The van der Waals surface area contributed by atoms with E-state index >= 15 is 0 Å². The number of ether oxygens (including phenoxy) is 2. The Morgan fingerprint density at radius 3 is 2.48 bits per heavy atom. The van der Waals surface area contributed by atoms with Gasteiger partial charge in [0.1, 0.15) is 12.0 Å². The summed E-state index contributed by atoms with van der Waals surface area (Å²) in [7, 11) is 1.22. The van der Waals surface area contributed by atoms with E-state index in [4.69, 9.17) is 9.84 Å². The van der Waals surface area contributed by atoms with E-state index in [0.29, 0.717) is 12.0 Å². The Hall–Kier alpha value is -2.40. The number of hydrogen-bond acceptors (Lipinski definition) is 5. The van der Waals surface area contributed by atoms with Crippen LogP contribution in [0.15, 0.2) is 76.4 Å². The lowest BCUT2D eigenvalue weighted by Gasteiger charge is -2.08. The number of carbonyl (C=O) groups is 1. The second-order valence-corrected chi connectivity index (χ2v) is 5.12. The molecule has 2 rings (SSSR count). The van der Waals surface area contributed by atoms with Crippen molar-refractivity contribution in [2.24, 2.45) is 0 Å². The van der Waals surface area contributed by atoms with Gasteiger partial charge in [0.15, 0.2) is 0 Å². The molecule has 1 N–H and O–H groups in total. The van der Waals surface area contributed by atoms with E-state index < -0.39 is 5.97 Å². The second kappa shape index (κ2) is 7.40. The highest BCUT2D eigenvalue weighted by Crippen LogP contribution is 2.30. The van der Waals surface area contributed by atoms with Gasteiger partial charge in [-0.1, -0.05) is 36.0 Å². The number of carbonyl (C=O) groups excluding carboxylic acids is 1. The maximum atomic E-state index is 11.3. The molecule has 0 saturated heterocycles. The molecule has 0 amide bonds. The van der Waals surface area contributed by atoms with Gasteiger partial charge in [-0.3, -0.25) is 0 Å². The fourth-order valence-corrected chi connectivity index (χ4v) is 2.46. The van der Waals surface area contributed by atoms with Gasteiger partial charge in [-0.25, -0.2) is 4.79 Å². The smallest absolute Gasteiger partial charge is 0.377 e. The van der Waals surface area contributed by atoms with E-state index in [1.807, 2.05) is 42.5 Å². The van der Waals surface area contributed by atoms with Crippen molar-refractivity contribution in [1.29, 1.82) is 0 Å². The molecular weight excluding hydrogens is 288 g/mol. The first-order valence-electron chi connectivity index (χ1n) is 6.16. The van der Waals surface area contributed by atoms with Gasteiger partial charge in [0.2, 0.25) is 5.76 Å². The summed E-state index contributed by atoms with van der Waals surface area (Å²) in [6, 6.07) is 17.1. The van der Waals surface area contributed by atoms with Crippen LogP contribution in [-0.4, -0.2) is 18.2 Å². The maximum Gasteiger partial charge on any atom is 0.377 e. The van der Waals surface area contributed by atoms with Gasteiger partial charge in [-0.05, 0) is 30.3 Å². The minimum atomic E-state index is -0.737. The monoisotopic (exact) mass is 302 g/mol. The fourth-order valence-electron chi connectivity index (χ4n) is 1.57. The van der Waals surface area contributed by atoms with Crippen LogP contribution in [0.5, 0.6) is 5.75 Å². The Bertz CT molecular complexity index is 638. The highest BCUT2D eigenvalue weighted by atomic mass is 32.2. The fraction of sp³-hybridized carbons (Fsp3) is 0.0625. The van der Waals surface area contributed by atoms with Crippen molar-refractivity contribution in [2.45, 2.75) is 9.79 Å². The number of hydrogen-bond donors (Lipinski definition) is 1. The third-order valence-electron chi connectivity index (χ3n) is 2.52. The summed E-state index contributed by atoms with van der Waals surface area (Å²) in [6.07, 6.45) is 0.586. The molecule has 2 aromatic rings. The molecule has 0 fully saturated rings. The normalized spacial score (nSPS) is 11.0. The topological polar surface area (TPSA) is 55.8 Å². The first-order valence-corrected chi connectivity index (χ1v) is 6.98. The first kappa shape index (κ1) is 15.0. The molecule has 5 heteroatoms. The standard InChI is InChI=1S/C16H14O4S/c1-19-16(18)15(11-17)20-12-6-5-9-14(10-12)21-13-7-3-2-4-8-13/h2-11,17H,1H3. The minimum Gasteiger partial charge on any atom is -0.511 e. The lowest BCUT2D eigenvalue weighted by Crippen LogP contribution is -2.10. The van der Waals surface area contributed by atoms with E-state index in [1.165, 1.54) is 7.11 Å². The van der Waals surface area contributed by atoms with Gasteiger partial charge < -0.3 is 14.6 Å². The van der Waals surface area contributed by atoms with Crippen molar-refractivity contribution in [3.63, 3.8) is 0 Å². The van der Waals surface area contributed by atoms with Gasteiger partial charge in [0.05, 0.1) is 7.11 Å². The van der Waals surface area contributed by atoms with Gasteiger partial charge in [-0.2, -0.15) is 0 Å². The highest BCUT2D eigenvalue weighted by molar-refractivity contribution is 7.99. The van der Waals surface area contributed by atoms with Crippen LogP contribution in [0.1, 0.15) is 0 Å². The minimum absolute atomic E-state index is 0.264. The Morgan fingerprint density at radius 2 is 1.81 bits per heavy atom. The molecule has 0 aliphatic heterocycles. The summed E-state index contributed by atoms with van der Waals surface area (Å²) >= 11 is 1.57. The van der Waals surface area contributed by atoms with E-state index in [1.54, 1.807) is 23.9 Å². The lowest BCUT2D eigenvalue weighted by molar-refractivity contribution is -0.138. The van der Waals surface area contributed by atoms with Gasteiger partial charge in [0, 0.05) is 9.79 Å². The average Bonchev–Trinajstić information content (AvgIpc) is 2.53. The maximum absolute atomic E-state index is 11.3. The zero-order chi connectivity index (χ0) is 15.1. The number of methoxy groups -OCH3 is 1. The molecule has 0 spiro atoms. The zero-order valence-electron chi connectivity index (χ0n) is 11.4. The van der Waals surface area contributed by atoms with Crippen LogP contribution in [0.25, 0.3) is 0 Å². The quantitative estimate of drug-likeness (QED) is 0.517. The lowest BCUT2D eigenvalue weighted by atomic mass is 10.3. The van der Waals surface area contributed by atoms with Crippen molar-refractivity contribution >= 4 is 17.7 Å². The first-order chi connectivity index (χ1) is 10.2. The van der Waals surface area contributed by atoms with Crippen molar-refractivity contribution < 1.29 is 19.4 Å². The molecule has 2 aromatic carbocycles. The number of rotatable bonds is 5. The Labute approximate surface area is 127 Å². The van der Waals surface area contributed by atoms with Gasteiger partial charge >= 0.3 is 5.97 Å². The highest BCUT2D eigenvalue weighted by Gasteiger charge is 2.12.